The van der Waals surface area contributed by atoms with Crippen LogP contribution in [0.5, 0.6) is 0 Å². The second kappa shape index (κ2) is 6.32. The Balaban J connectivity index is 2.24. The van der Waals surface area contributed by atoms with E-state index in [1.807, 2.05) is 20.8 Å². The van der Waals surface area contributed by atoms with Gasteiger partial charge in [0.05, 0.1) is 29.8 Å². The molecule has 0 aromatic carbocycles. The molecule has 2 unspecified atom stereocenters. The molecule has 1 saturated heterocycles. The maximum Gasteiger partial charge on any atom is 0.151 e. The van der Waals surface area contributed by atoms with Gasteiger partial charge in [-0.05, 0) is 33.6 Å². The summed E-state index contributed by atoms with van der Waals surface area (Å²) in [5, 5.41) is 12.8. The van der Waals surface area contributed by atoms with Gasteiger partial charge in [0.25, 0.3) is 0 Å². The largest absolute Gasteiger partial charge is 0.389 e. The number of aliphatic hydroxyl groups is 1. The van der Waals surface area contributed by atoms with E-state index in [1.54, 1.807) is 0 Å². The van der Waals surface area contributed by atoms with E-state index in [1.165, 1.54) is 0 Å². The predicted molar refractivity (Wildman–Crippen MR) is 71.4 cm³/mol. The topological polar surface area (TPSA) is 75.6 Å². The third-order valence-corrected chi connectivity index (χ3v) is 4.63. The monoisotopic (exact) mass is 279 g/mol. The summed E-state index contributed by atoms with van der Waals surface area (Å²) in [6.07, 6.45) is 0.953. The second-order valence-corrected chi connectivity index (χ2v) is 8.17. The zero-order chi connectivity index (χ0) is 13.8. The number of hydrogen-bond donors (Lipinski definition) is 2. The van der Waals surface area contributed by atoms with Crippen LogP contribution >= 0.6 is 0 Å². The fourth-order valence-electron chi connectivity index (χ4n) is 1.89. The molecule has 2 N–H and O–H groups in total. The molecule has 0 aliphatic carbocycles. The lowest BCUT2D eigenvalue weighted by molar-refractivity contribution is -0.0483. The van der Waals surface area contributed by atoms with E-state index >= 15 is 0 Å². The van der Waals surface area contributed by atoms with E-state index in [2.05, 4.69) is 5.32 Å². The smallest absolute Gasteiger partial charge is 0.151 e. The van der Waals surface area contributed by atoms with Crippen LogP contribution < -0.4 is 5.32 Å². The molecule has 0 bridgehead atoms. The van der Waals surface area contributed by atoms with Gasteiger partial charge in [-0.1, -0.05) is 0 Å². The fourth-order valence-corrected chi connectivity index (χ4v) is 3.56. The molecule has 0 spiro atoms. The lowest BCUT2D eigenvalue weighted by Crippen LogP contribution is -2.44. The third kappa shape index (κ3) is 6.68. The average molecular weight is 279 g/mol. The average Bonchev–Trinajstić information content (AvgIpc) is 2.21. The molecular formula is C12H25NO4S. The molecule has 0 aromatic rings. The molecule has 6 heteroatoms. The van der Waals surface area contributed by atoms with Crippen LogP contribution in [0.1, 0.15) is 33.6 Å². The molecule has 0 radical (unpaired) electrons. The highest BCUT2D eigenvalue weighted by Gasteiger charge is 2.24. The number of sulfone groups is 1. The Bertz CT molecular complexity index is 348. The highest BCUT2D eigenvalue weighted by atomic mass is 32.2. The Morgan fingerprint density at radius 2 is 2.11 bits per heavy atom. The van der Waals surface area contributed by atoms with E-state index in [9.17, 15) is 13.5 Å². The van der Waals surface area contributed by atoms with Gasteiger partial charge in [-0.15, -0.1) is 0 Å². The van der Waals surface area contributed by atoms with Crippen molar-refractivity contribution in [3.05, 3.63) is 0 Å². The van der Waals surface area contributed by atoms with Gasteiger partial charge >= 0.3 is 0 Å². The molecule has 1 rings (SSSR count). The Morgan fingerprint density at radius 1 is 1.44 bits per heavy atom. The van der Waals surface area contributed by atoms with Gasteiger partial charge < -0.3 is 15.2 Å². The minimum Gasteiger partial charge on any atom is -0.389 e. The second-order valence-electron chi connectivity index (χ2n) is 5.94. The molecule has 1 heterocycles. The minimum absolute atomic E-state index is 0.0342. The molecule has 5 nitrogen and oxygen atoms in total. The van der Waals surface area contributed by atoms with Crippen molar-refractivity contribution in [2.24, 2.45) is 0 Å². The van der Waals surface area contributed by atoms with E-state index in [4.69, 9.17) is 4.74 Å². The van der Waals surface area contributed by atoms with Crippen molar-refractivity contribution in [1.29, 1.82) is 0 Å². The standard InChI is InChI=1S/C12H25NO4S/c1-12(2,3)17-8-11(14)7-13-10-5-4-6-18(15,16)9-10/h10-11,13-14H,4-9H2,1-3H3. The quantitative estimate of drug-likeness (QED) is 0.758. The summed E-state index contributed by atoms with van der Waals surface area (Å²) in [5.74, 6) is 0.473. The van der Waals surface area contributed by atoms with Crippen LogP contribution in [0.3, 0.4) is 0 Å². The zero-order valence-corrected chi connectivity index (χ0v) is 12.3. The maximum absolute atomic E-state index is 11.4. The Labute approximate surface area is 110 Å². The first-order valence-corrected chi connectivity index (χ1v) is 8.26. The first-order valence-electron chi connectivity index (χ1n) is 6.44. The van der Waals surface area contributed by atoms with Crippen molar-refractivity contribution >= 4 is 9.84 Å². The van der Waals surface area contributed by atoms with E-state index in [0.29, 0.717) is 18.7 Å². The first-order chi connectivity index (χ1) is 8.18. The number of rotatable bonds is 5. The predicted octanol–water partition coefficient (Wildman–Crippen LogP) is 0.329. The van der Waals surface area contributed by atoms with Crippen LogP contribution in [0.2, 0.25) is 0 Å². The van der Waals surface area contributed by atoms with Gasteiger partial charge in [-0.3, -0.25) is 0 Å². The zero-order valence-electron chi connectivity index (χ0n) is 11.5. The highest BCUT2D eigenvalue weighted by molar-refractivity contribution is 7.91. The van der Waals surface area contributed by atoms with Crippen molar-refractivity contribution < 1.29 is 18.3 Å². The molecule has 0 amide bonds. The van der Waals surface area contributed by atoms with Crippen LogP contribution in [0.15, 0.2) is 0 Å². The normalized spacial score (nSPS) is 25.9. The summed E-state index contributed by atoms with van der Waals surface area (Å²) in [4.78, 5) is 0. The van der Waals surface area contributed by atoms with Gasteiger partial charge in [-0.25, -0.2) is 8.42 Å². The Kier molecular flexibility index (Phi) is 5.58. The van der Waals surface area contributed by atoms with E-state index in [0.717, 1.165) is 6.42 Å². The van der Waals surface area contributed by atoms with Crippen molar-refractivity contribution in [3.63, 3.8) is 0 Å². The van der Waals surface area contributed by atoms with E-state index in [-0.39, 0.29) is 24.0 Å². The number of aliphatic hydroxyl groups excluding tert-OH is 1. The maximum atomic E-state index is 11.4. The van der Waals surface area contributed by atoms with Crippen LogP contribution in [0, 0.1) is 0 Å². The SMILES string of the molecule is CC(C)(C)OCC(O)CNC1CCCS(=O)(=O)C1. The lowest BCUT2D eigenvalue weighted by atomic mass is 10.1. The van der Waals surface area contributed by atoms with Crippen LogP contribution in [0.4, 0.5) is 0 Å². The number of nitrogens with one attached hydrogen (secondary N) is 1. The fraction of sp³-hybridized carbons (Fsp3) is 1.00. The Hall–Kier alpha value is -0.170. The van der Waals surface area contributed by atoms with Crippen molar-refractivity contribution in [1.82, 2.24) is 5.32 Å². The lowest BCUT2D eigenvalue weighted by Gasteiger charge is -2.26. The summed E-state index contributed by atoms with van der Waals surface area (Å²) in [5.41, 5.74) is -0.269. The van der Waals surface area contributed by atoms with Crippen molar-refractivity contribution in [2.45, 2.75) is 51.4 Å². The Morgan fingerprint density at radius 3 is 2.67 bits per heavy atom. The summed E-state index contributed by atoms with van der Waals surface area (Å²) >= 11 is 0. The summed E-state index contributed by atoms with van der Waals surface area (Å²) in [6.45, 7) is 6.43. The summed E-state index contributed by atoms with van der Waals surface area (Å²) in [7, 11) is -2.89. The summed E-state index contributed by atoms with van der Waals surface area (Å²) < 4.78 is 28.3. The third-order valence-electron chi connectivity index (χ3n) is 2.81. The summed E-state index contributed by atoms with van der Waals surface area (Å²) in [6, 6.07) is -0.0342. The number of ether oxygens (including phenoxy) is 1. The minimum atomic E-state index is -2.89. The van der Waals surface area contributed by atoms with Gasteiger partial charge in [0.1, 0.15) is 0 Å². The first kappa shape index (κ1) is 15.9. The molecule has 1 fully saturated rings. The molecule has 2 atom stereocenters. The highest BCUT2D eigenvalue weighted by Crippen LogP contribution is 2.12. The van der Waals surface area contributed by atoms with E-state index < -0.39 is 15.9 Å². The molecule has 1 aliphatic heterocycles. The van der Waals surface area contributed by atoms with Gasteiger partial charge in [0, 0.05) is 12.6 Å². The number of hydrogen-bond acceptors (Lipinski definition) is 5. The van der Waals surface area contributed by atoms with Crippen molar-refractivity contribution in [3.8, 4) is 0 Å². The molecule has 108 valence electrons. The van der Waals surface area contributed by atoms with Crippen molar-refractivity contribution in [2.75, 3.05) is 24.7 Å². The molecule has 0 saturated carbocycles. The van der Waals surface area contributed by atoms with Crippen LogP contribution in [-0.4, -0.2) is 55.9 Å². The van der Waals surface area contributed by atoms with Crippen LogP contribution in [0.25, 0.3) is 0 Å². The molecule has 0 aromatic heterocycles. The van der Waals surface area contributed by atoms with Crippen LogP contribution in [-0.2, 0) is 14.6 Å². The molecular weight excluding hydrogens is 254 g/mol. The molecule has 18 heavy (non-hydrogen) atoms. The van der Waals surface area contributed by atoms with Gasteiger partial charge in [0.15, 0.2) is 9.84 Å². The van der Waals surface area contributed by atoms with Gasteiger partial charge in [0.2, 0.25) is 0 Å². The molecule has 1 aliphatic rings. The van der Waals surface area contributed by atoms with Gasteiger partial charge in [-0.2, -0.15) is 0 Å².